The number of nitrogens with one attached hydrogen (secondary N) is 1. The summed E-state index contributed by atoms with van der Waals surface area (Å²) >= 11 is 3.35. The number of furan rings is 1. The number of likely N-dealkylation sites (N-methyl/N-ethyl adjacent to an activating group) is 1. The van der Waals surface area contributed by atoms with E-state index in [0.717, 1.165) is 16.9 Å². The first-order valence-electron chi connectivity index (χ1n) is 6.09. The molecule has 1 aromatic heterocycles. The Hall–Kier alpha value is -1.06. The molecule has 1 atom stereocenters. The summed E-state index contributed by atoms with van der Waals surface area (Å²) in [4.78, 5) is 0. The first kappa shape index (κ1) is 13.4. The smallest absolute Gasteiger partial charge is 0.169 e. The normalized spacial score (nSPS) is 12.7. The molecule has 0 fully saturated rings. The van der Waals surface area contributed by atoms with Crippen LogP contribution in [0.15, 0.2) is 39.4 Å². The maximum absolute atomic E-state index is 5.64. The highest BCUT2D eigenvalue weighted by atomic mass is 79.9. The van der Waals surface area contributed by atoms with E-state index in [9.17, 15) is 0 Å². The zero-order chi connectivity index (χ0) is 13.1. The van der Waals surface area contributed by atoms with Crippen molar-refractivity contribution < 1.29 is 4.42 Å². The predicted molar refractivity (Wildman–Crippen MR) is 77.8 cm³/mol. The van der Waals surface area contributed by atoms with E-state index in [4.69, 9.17) is 4.42 Å². The Morgan fingerprint density at radius 2 is 1.83 bits per heavy atom. The number of halogens is 1. The van der Waals surface area contributed by atoms with Crippen LogP contribution in [0.1, 0.15) is 28.5 Å². The van der Waals surface area contributed by atoms with Crippen LogP contribution in [0.4, 0.5) is 0 Å². The third-order valence-electron chi connectivity index (χ3n) is 3.34. The SMILES string of the molecule is CNC(Cc1c(C)cccc1C)c1ccc(Br)o1. The highest BCUT2D eigenvalue weighted by molar-refractivity contribution is 9.10. The lowest BCUT2D eigenvalue weighted by atomic mass is 9.95. The van der Waals surface area contributed by atoms with Crippen molar-refractivity contribution in [1.82, 2.24) is 5.32 Å². The lowest BCUT2D eigenvalue weighted by Gasteiger charge is -2.17. The van der Waals surface area contributed by atoms with Crippen molar-refractivity contribution in [3.8, 4) is 0 Å². The summed E-state index contributed by atoms with van der Waals surface area (Å²) in [6.45, 7) is 4.32. The molecule has 0 aliphatic rings. The Morgan fingerprint density at radius 1 is 1.17 bits per heavy atom. The molecule has 1 heterocycles. The molecule has 1 unspecified atom stereocenters. The van der Waals surface area contributed by atoms with Crippen molar-refractivity contribution in [2.75, 3.05) is 7.05 Å². The van der Waals surface area contributed by atoms with Crippen LogP contribution in [0, 0.1) is 13.8 Å². The van der Waals surface area contributed by atoms with Crippen molar-refractivity contribution in [3.05, 3.63) is 57.5 Å². The van der Waals surface area contributed by atoms with Gasteiger partial charge in [0.25, 0.3) is 0 Å². The topological polar surface area (TPSA) is 25.2 Å². The molecule has 0 aliphatic carbocycles. The van der Waals surface area contributed by atoms with Crippen LogP contribution in [0.3, 0.4) is 0 Å². The fraction of sp³-hybridized carbons (Fsp3) is 0.333. The molecule has 0 saturated heterocycles. The highest BCUT2D eigenvalue weighted by Crippen LogP contribution is 2.25. The Morgan fingerprint density at radius 3 is 2.33 bits per heavy atom. The van der Waals surface area contributed by atoms with Gasteiger partial charge in [-0.2, -0.15) is 0 Å². The molecule has 0 spiro atoms. The van der Waals surface area contributed by atoms with Gasteiger partial charge in [0.05, 0.1) is 6.04 Å². The summed E-state index contributed by atoms with van der Waals surface area (Å²) in [5.74, 6) is 0.965. The highest BCUT2D eigenvalue weighted by Gasteiger charge is 2.16. The zero-order valence-corrected chi connectivity index (χ0v) is 12.5. The Bertz CT molecular complexity index is 513. The second-order valence-electron chi connectivity index (χ2n) is 4.56. The van der Waals surface area contributed by atoms with E-state index in [0.29, 0.717) is 0 Å². The summed E-state index contributed by atoms with van der Waals surface area (Å²) < 4.78 is 6.42. The van der Waals surface area contributed by atoms with Gasteiger partial charge in [-0.05, 0) is 72.1 Å². The summed E-state index contributed by atoms with van der Waals surface area (Å²) in [5, 5.41) is 3.32. The molecular weight excluding hydrogens is 290 g/mol. The summed E-state index contributed by atoms with van der Waals surface area (Å²) in [7, 11) is 1.97. The van der Waals surface area contributed by atoms with Crippen molar-refractivity contribution in [3.63, 3.8) is 0 Å². The molecule has 1 N–H and O–H groups in total. The summed E-state index contributed by atoms with van der Waals surface area (Å²) in [6, 6.07) is 10.6. The van der Waals surface area contributed by atoms with E-state index < -0.39 is 0 Å². The van der Waals surface area contributed by atoms with Crippen LogP contribution in [-0.2, 0) is 6.42 Å². The Balaban J connectivity index is 2.26. The Labute approximate surface area is 117 Å². The van der Waals surface area contributed by atoms with Gasteiger partial charge in [0.1, 0.15) is 5.76 Å². The maximum atomic E-state index is 5.64. The fourth-order valence-corrected chi connectivity index (χ4v) is 2.55. The summed E-state index contributed by atoms with van der Waals surface area (Å²) in [6.07, 6.45) is 0.939. The van der Waals surface area contributed by atoms with Gasteiger partial charge in [-0.1, -0.05) is 18.2 Å². The van der Waals surface area contributed by atoms with Gasteiger partial charge in [0.2, 0.25) is 0 Å². The van der Waals surface area contributed by atoms with Crippen LogP contribution in [-0.4, -0.2) is 7.05 Å². The van der Waals surface area contributed by atoms with E-state index >= 15 is 0 Å². The lowest BCUT2D eigenvalue weighted by molar-refractivity contribution is 0.416. The van der Waals surface area contributed by atoms with Crippen LogP contribution in [0.25, 0.3) is 0 Å². The molecule has 3 heteroatoms. The third kappa shape index (κ3) is 2.85. The minimum atomic E-state index is 0.205. The van der Waals surface area contributed by atoms with Gasteiger partial charge < -0.3 is 9.73 Å². The van der Waals surface area contributed by atoms with Crippen molar-refractivity contribution in [1.29, 1.82) is 0 Å². The molecule has 0 radical (unpaired) electrons. The first-order valence-corrected chi connectivity index (χ1v) is 6.88. The molecule has 0 aliphatic heterocycles. The lowest BCUT2D eigenvalue weighted by Crippen LogP contribution is -2.19. The standard InChI is InChI=1S/C15H18BrNO/c1-10-5-4-6-11(2)12(10)9-13(17-3)14-7-8-15(16)18-14/h4-8,13,17H,9H2,1-3H3. The number of hydrogen-bond acceptors (Lipinski definition) is 2. The summed E-state index contributed by atoms with van der Waals surface area (Å²) in [5.41, 5.74) is 4.06. The fourth-order valence-electron chi connectivity index (χ4n) is 2.24. The first-order chi connectivity index (χ1) is 8.61. The second-order valence-corrected chi connectivity index (χ2v) is 5.34. The van der Waals surface area contributed by atoms with Gasteiger partial charge >= 0.3 is 0 Å². The maximum Gasteiger partial charge on any atom is 0.169 e. The second kappa shape index (κ2) is 5.72. The Kier molecular flexibility index (Phi) is 4.25. The van der Waals surface area contributed by atoms with Crippen LogP contribution in [0.5, 0.6) is 0 Å². The van der Waals surface area contributed by atoms with Gasteiger partial charge in [-0.3, -0.25) is 0 Å². The average Bonchev–Trinajstić information content (AvgIpc) is 2.76. The predicted octanol–water partition coefficient (Wildman–Crippen LogP) is 4.16. The van der Waals surface area contributed by atoms with Crippen molar-refractivity contribution >= 4 is 15.9 Å². The molecule has 2 rings (SSSR count). The minimum Gasteiger partial charge on any atom is -0.453 e. The van der Waals surface area contributed by atoms with E-state index in [1.165, 1.54) is 16.7 Å². The zero-order valence-electron chi connectivity index (χ0n) is 11.0. The van der Waals surface area contributed by atoms with Gasteiger partial charge in [-0.25, -0.2) is 0 Å². The van der Waals surface area contributed by atoms with Crippen LogP contribution in [0.2, 0.25) is 0 Å². The van der Waals surface area contributed by atoms with Gasteiger partial charge in [0, 0.05) is 0 Å². The molecule has 18 heavy (non-hydrogen) atoms. The number of benzene rings is 1. The molecule has 1 aromatic carbocycles. The molecule has 0 bridgehead atoms. The molecule has 96 valence electrons. The number of rotatable bonds is 4. The van der Waals surface area contributed by atoms with E-state index in [1.807, 2.05) is 19.2 Å². The van der Waals surface area contributed by atoms with Crippen LogP contribution >= 0.6 is 15.9 Å². The van der Waals surface area contributed by atoms with Crippen LogP contribution < -0.4 is 5.32 Å². The third-order valence-corrected chi connectivity index (χ3v) is 3.76. The number of hydrogen-bond donors (Lipinski definition) is 1. The molecule has 0 amide bonds. The average molecular weight is 308 g/mol. The van der Waals surface area contributed by atoms with Gasteiger partial charge in [-0.15, -0.1) is 0 Å². The molecule has 0 saturated carbocycles. The minimum absolute atomic E-state index is 0.205. The number of aryl methyl sites for hydroxylation is 2. The monoisotopic (exact) mass is 307 g/mol. The largest absolute Gasteiger partial charge is 0.453 e. The van der Waals surface area contributed by atoms with Crippen molar-refractivity contribution in [2.45, 2.75) is 26.3 Å². The van der Waals surface area contributed by atoms with Gasteiger partial charge in [0.15, 0.2) is 4.67 Å². The van der Waals surface area contributed by atoms with E-state index in [2.05, 4.69) is 53.3 Å². The van der Waals surface area contributed by atoms with Crippen molar-refractivity contribution in [2.24, 2.45) is 0 Å². The van der Waals surface area contributed by atoms with E-state index in [-0.39, 0.29) is 6.04 Å². The molecule has 2 aromatic rings. The quantitative estimate of drug-likeness (QED) is 0.917. The van der Waals surface area contributed by atoms with E-state index in [1.54, 1.807) is 0 Å². The molecule has 2 nitrogen and oxygen atoms in total. The molecular formula is C15H18BrNO.